The van der Waals surface area contributed by atoms with Gasteiger partial charge in [-0.3, -0.25) is 4.79 Å². The smallest absolute Gasteiger partial charge is 0.362 e. The molecule has 0 saturated heterocycles. The maximum Gasteiger partial charge on any atom is 0.416 e. The molecule has 0 unspecified atom stereocenters. The summed E-state index contributed by atoms with van der Waals surface area (Å²) in [5, 5.41) is 6.27. The number of alkyl halides is 6. The summed E-state index contributed by atoms with van der Waals surface area (Å²) < 4.78 is 79.0. The molecule has 1 aromatic heterocycles. The van der Waals surface area contributed by atoms with E-state index in [-0.39, 0.29) is 36.0 Å². The molecular weight excluding hydrogens is 500 g/mol. The highest BCUT2D eigenvalue weighted by Gasteiger charge is 2.46. The summed E-state index contributed by atoms with van der Waals surface area (Å²) in [6.45, 7) is 1.93. The first kappa shape index (κ1) is 27.0. The highest BCUT2D eigenvalue weighted by Crippen LogP contribution is 2.50. The molecule has 2 fully saturated rings. The number of nitrogens with one attached hydrogen (secondary N) is 2. The van der Waals surface area contributed by atoms with Crippen molar-refractivity contribution in [3.05, 3.63) is 46.6 Å². The van der Waals surface area contributed by atoms with Crippen LogP contribution in [0.3, 0.4) is 0 Å². The van der Waals surface area contributed by atoms with Crippen LogP contribution in [0.15, 0.2) is 24.4 Å². The quantitative estimate of drug-likeness (QED) is 0.482. The van der Waals surface area contributed by atoms with Gasteiger partial charge >= 0.3 is 12.4 Å². The normalized spacial score (nSPS) is 23.9. The maximum absolute atomic E-state index is 13.2. The fraction of sp³-hybridized carbons (Fsp3) is 0.560. The van der Waals surface area contributed by atoms with Gasteiger partial charge in [-0.05, 0) is 68.7 Å². The van der Waals surface area contributed by atoms with Crippen LogP contribution in [-0.2, 0) is 17.1 Å². The molecule has 2 atom stereocenters. The van der Waals surface area contributed by atoms with E-state index in [0.717, 1.165) is 36.4 Å². The van der Waals surface area contributed by atoms with Crippen molar-refractivity contribution >= 4 is 17.7 Å². The number of anilines is 2. The molecule has 2 saturated carbocycles. The Bertz CT molecular complexity index is 1110. The minimum Gasteiger partial charge on any atom is -0.362 e. The van der Waals surface area contributed by atoms with Gasteiger partial charge in [-0.1, -0.05) is 0 Å². The van der Waals surface area contributed by atoms with Gasteiger partial charge < -0.3 is 15.5 Å². The average Bonchev–Trinajstić information content (AvgIpc) is 3.61. The predicted molar refractivity (Wildman–Crippen MR) is 126 cm³/mol. The molecule has 0 aliphatic heterocycles. The van der Waals surface area contributed by atoms with Crippen molar-refractivity contribution in [1.82, 2.24) is 15.3 Å². The Hall–Kier alpha value is -3.05. The number of hydrogen-bond acceptors (Lipinski definition) is 5. The zero-order valence-electron chi connectivity index (χ0n) is 20.7. The Kier molecular flexibility index (Phi) is 7.31. The minimum absolute atomic E-state index is 0.102. The van der Waals surface area contributed by atoms with E-state index in [1.165, 1.54) is 0 Å². The van der Waals surface area contributed by atoms with Crippen LogP contribution >= 0.6 is 0 Å². The topological polar surface area (TPSA) is 70.1 Å². The lowest BCUT2D eigenvalue weighted by Crippen LogP contribution is -2.41. The van der Waals surface area contributed by atoms with Crippen LogP contribution in [-0.4, -0.2) is 42.1 Å². The standard InChI is InChI=1S/C25H29F6N5O/c1-13-12-32-23(35-21(13)36(2)3)34-18-6-4-17(5-7-18)33-22(37)20-11-19(20)14-8-15(24(26,27)28)10-16(9-14)25(29,30)31/h8-10,12,17-20H,4-7,11H2,1-3H3,(H,33,37)(H,32,34,35)/t17?,18?,19-,20-/m1/s1. The second-order valence-electron chi connectivity index (χ2n) is 10.1. The number of aryl methyl sites for hydroxylation is 1. The highest BCUT2D eigenvalue weighted by atomic mass is 19.4. The van der Waals surface area contributed by atoms with E-state index in [2.05, 4.69) is 20.6 Å². The van der Waals surface area contributed by atoms with Crippen LogP contribution in [0, 0.1) is 12.8 Å². The van der Waals surface area contributed by atoms with E-state index < -0.39 is 35.3 Å². The van der Waals surface area contributed by atoms with Crippen LogP contribution < -0.4 is 15.5 Å². The van der Waals surface area contributed by atoms with Crippen LogP contribution in [0.2, 0.25) is 0 Å². The lowest BCUT2D eigenvalue weighted by Gasteiger charge is -2.30. The van der Waals surface area contributed by atoms with Gasteiger partial charge in [0.25, 0.3) is 0 Å². The molecule has 2 aliphatic rings. The van der Waals surface area contributed by atoms with E-state index in [1.54, 1.807) is 6.20 Å². The summed E-state index contributed by atoms with van der Waals surface area (Å²) in [4.78, 5) is 23.5. The Morgan fingerprint density at radius 1 is 0.946 bits per heavy atom. The second kappa shape index (κ2) is 10.0. The van der Waals surface area contributed by atoms with E-state index in [4.69, 9.17) is 0 Å². The molecule has 1 amide bonds. The molecule has 202 valence electrons. The third kappa shape index (κ3) is 6.45. The molecule has 2 aliphatic carbocycles. The van der Waals surface area contributed by atoms with Crippen molar-refractivity contribution in [3.8, 4) is 0 Å². The van der Waals surface area contributed by atoms with Gasteiger partial charge in [0.2, 0.25) is 11.9 Å². The Balaban J connectivity index is 1.32. The zero-order valence-corrected chi connectivity index (χ0v) is 20.7. The van der Waals surface area contributed by atoms with Crippen molar-refractivity contribution in [2.75, 3.05) is 24.3 Å². The fourth-order valence-corrected chi connectivity index (χ4v) is 4.87. The molecule has 0 radical (unpaired) electrons. The first-order valence-electron chi connectivity index (χ1n) is 12.1. The summed E-state index contributed by atoms with van der Waals surface area (Å²) in [6.07, 6.45) is -4.94. The molecule has 1 heterocycles. The molecule has 12 heteroatoms. The number of carbonyl (C=O) groups is 1. The number of hydrogen-bond donors (Lipinski definition) is 2. The van der Waals surface area contributed by atoms with Crippen LogP contribution in [0.4, 0.5) is 38.1 Å². The first-order valence-corrected chi connectivity index (χ1v) is 12.1. The fourth-order valence-electron chi connectivity index (χ4n) is 4.87. The number of nitrogens with zero attached hydrogens (tertiary/aromatic N) is 3. The largest absolute Gasteiger partial charge is 0.416 e. The number of benzene rings is 1. The molecule has 37 heavy (non-hydrogen) atoms. The van der Waals surface area contributed by atoms with Crippen molar-refractivity contribution in [3.63, 3.8) is 0 Å². The van der Waals surface area contributed by atoms with Crippen molar-refractivity contribution < 1.29 is 31.1 Å². The molecule has 6 nitrogen and oxygen atoms in total. The number of halogens is 6. The average molecular weight is 530 g/mol. The second-order valence-corrected chi connectivity index (χ2v) is 10.1. The van der Waals surface area contributed by atoms with Gasteiger partial charge in [0, 0.05) is 43.9 Å². The highest BCUT2D eigenvalue weighted by molar-refractivity contribution is 5.83. The molecule has 2 aromatic rings. The Morgan fingerprint density at radius 3 is 2.05 bits per heavy atom. The molecular formula is C25H29F6N5O. The van der Waals surface area contributed by atoms with Crippen LogP contribution in [0.1, 0.15) is 60.3 Å². The monoisotopic (exact) mass is 529 g/mol. The molecule has 1 aromatic carbocycles. The van der Waals surface area contributed by atoms with E-state index in [1.807, 2.05) is 25.9 Å². The zero-order chi connectivity index (χ0) is 27.1. The van der Waals surface area contributed by atoms with Crippen molar-refractivity contribution in [2.45, 2.75) is 69.4 Å². The summed E-state index contributed by atoms with van der Waals surface area (Å²) >= 11 is 0. The molecule has 0 spiro atoms. The summed E-state index contributed by atoms with van der Waals surface area (Å²) in [5.41, 5.74) is -1.86. The van der Waals surface area contributed by atoms with E-state index in [9.17, 15) is 31.1 Å². The lowest BCUT2D eigenvalue weighted by molar-refractivity contribution is -0.143. The van der Waals surface area contributed by atoms with Gasteiger partial charge in [0.05, 0.1) is 11.1 Å². The number of aromatic nitrogens is 2. The van der Waals surface area contributed by atoms with Crippen molar-refractivity contribution in [2.24, 2.45) is 5.92 Å². The number of rotatable bonds is 6. The first-order chi connectivity index (χ1) is 17.2. The van der Waals surface area contributed by atoms with Crippen LogP contribution in [0.5, 0.6) is 0 Å². The third-order valence-electron chi connectivity index (χ3n) is 6.94. The lowest BCUT2D eigenvalue weighted by atomic mass is 9.91. The minimum atomic E-state index is -4.91. The van der Waals surface area contributed by atoms with Crippen LogP contribution in [0.25, 0.3) is 0 Å². The summed E-state index contributed by atoms with van der Waals surface area (Å²) in [7, 11) is 3.80. The maximum atomic E-state index is 13.2. The Morgan fingerprint density at radius 2 is 1.51 bits per heavy atom. The predicted octanol–water partition coefficient (Wildman–Crippen LogP) is 5.53. The van der Waals surface area contributed by atoms with E-state index in [0.29, 0.717) is 18.8 Å². The Labute approximate surface area is 210 Å². The van der Waals surface area contributed by atoms with Crippen molar-refractivity contribution in [1.29, 1.82) is 0 Å². The van der Waals surface area contributed by atoms with Gasteiger partial charge in [-0.15, -0.1) is 0 Å². The van der Waals surface area contributed by atoms with Gasteiger partial charge in [-0.2, -0.15) is 31.3 Å². The number of carbonyl (C=O) groups excluding carboxylic acids is 1. The molecule has 4 rings (SSSR count). The summed E-state index contributed by atoms with van der Waals surface area (Å²) in [6, 6.07) is 1.58. The summed E-state index contributed by atoms with van der Waals surface area (Å²) in [5.74, 6) is -0.274. The number of amides is 1. The molecule has 0 bridgehead atoms. The third-order valence-corrected chi connectivity index (χ3v) is 6.94. The van der Waals surface area contributed by atoms with Gasteiger partial charge in [-0.25, -0.2) is 4.98 Å². The van der Waals surface area contributed by atoms with E-state index >= 15 is 0 Å². The van der Waals surface area contributed by atoms with Gasteiger partial charge in [0.1, 0.15) is 5.82 Å². The van der Waals surface area contributed by atoms with Gasteiger partial charge in [0.15, 0.2) is 0 Å². The molecule has 2 N–H and O–H groups in total. The SMILES string of the molecule is Cc1cnc(NC2CCC(NC(=O)[C@@H]3C[C@@H]3c3cc(C(F)(F)F)cc(C(F)(F)F)c3)CC2)nc1N(C)C.